The number of halogens is 1. The fraction of sp³-hybridized carbons (Fsp3) is 1.00. The second kappa shape index (κ2) is 3.90. The largest absolute Gasteiger partial charge is 0.317 e. The van der Waals surface area contributed by atoms with Crippen molar-refractivity contribution in [3.05, 3.63) is 0 Å². The van der Waals surface area contributed by atoms with Crippen LogP contribution in [0.25, 0.3) is 0 Å². The fourth-order valence-electron chi connectivity index (χ4n) is 1.71. The second-order valence-electron chi connectivity index (χ2n) is 4.15. The summed E-state index contributed by atoms with van der Waals surface area (Å²) in [6.45, 7) is 7.14. The van der Waals surface area contributed by atoms with Crippen molar-refractivity contribution in [2.75, 3.05) is 18.4 Å². The van der Waals surface area contributed by atoms with Crippen LogP contribution in [0.4, 0.5) is 0 Å². The summed E-state index contributed by atoms with van der Waals surface area (Å²) in [6.07, 6.45) is 2.69. The standard InChI is InChI=1S/C9H18BrN/c1-9(2,7-10)8-3-5-11-6-4-8/h8,11H,3-7H2,1-2H3. The smallest absolute Gasteiger partial charge is 0.00853 e. The Morgan fingerprint density at radius 2 is 1.91 bits per heavy atom. The van der Waals surface area contributed by atoms with E-state index in [0.29, 0.717) is 5.41 Å². The molecule has 0 spiro atoms. The van der Waals surface area contributed by atoms with Gasteiger partial charge in [-0.15, -0.1) is 0 Å². The van der Waals surface area contributed by atoms with E-state index in [-0.39, 0.29) is 0 Å². The van der Waals surface area contributed by atoms with Crippen LogP contribution < -0.4 is 5.32 Å². The molecule has 2 heteroatoms. The highest BCUT2D eigenvalue weighted by molar-refractivity contribution is 9.09. The lowest BCUT2D eigenvalue weighted by Gasteiger charge is -2.35. The van der Waals surface area contributed by atoms with Gasteiger partial charge in [-0.1, -0.05) is 29.8 Å². The van der Waals surface area contributed by atoms with Crippen molar-refractivity contribution in [2.45, 2.75) is 26.7 Å². The van der Waals surface area contributed by atoms with E-state index in [4.69, 9.17) is 0 Å². The molecular weight excluding hydrogens is 202 g/mol. The maximum absolute atomic E-state index is 3.59. The number of hydrogen-bond donors (Lipinski definition) is 1. The van der Waals surface area contributed by atoms with E-state index in [0.717, 1.165) is 11.2 Å². The van der Waals surface area contributed by atoms with Gasteiger partial charge in [0.25, 0.3) is 0 Å². The van der Waals surface area contributed by atoms with Crippen molar-refractivity contribution < 1.29 is 0 Å². The van der Waals surface area contributed by atoms with Gasteiger partial charge in [0.05, 0.1) is 0 Å². The predicted octanol–water partition coefficient (Wildman–Crippen LogP) is 2.41. The number of hydrogen-bond acceptors (Lipinski definition) is 1. The van der Waals surface area contributed by atoms with Crippen molar-refractivity contribution >= 4 is 15.9 Å². The average molecular weight is 220 g/mol. The Hall–Kier alpha value is 0.440. The predicted molar refractivity (Wildman–Crippen MR) is 53.2 cm³/mol. The molecule has 0 aromatic heterocycles. The minimum absolute atomic E-state index is 0.488. The first kappa shape index (κ1) is 9.53. The van der Waals surface area contributed by atoms with Crippen LogP contribution in [0.15, 0.2) is 0 Å². The lowest BCUT2D eigenvalue weighted by atomic mass is 9.75. The Bertz CT molecular complexity index is 117. The zero-order valence-electron chi connectivity index (χ0n) is 7.49. The van der Waals surface area contributed by atoms with Crippen LogP contribution in [0, 0.1) is 11.3 Å². The van der Waals surface area contributed by atoms with Crippen LogP contribution in [-0.2, 0) is 0 Å². The van der Waals surface area contributed by atoms with Gasteiger partial charge in [-0.05, 0) is 37.3 Å². The lowest BCUT2D eigenvalue weighted by Crippen LogP contribution is -2.36. The first-order valence-electron chi connectivity index (χ1n) is 4.43. The number of nitrogens with one attached hydrogen (secondary N) is 1. The zero-order valence-corrected chi connectivity index (χ0v) is 9.08. The van der Waals surface area contributed by atoms with E-state index in [1.54, 1.807) is 0 Å². The minimum Gasteiger partial charge on any atom is -0.317 e. The molecular formula is C9H18BrN. The Labute approximate surface area is 78.1 Å². The third-order valence-corrected chi connectivity index (χ3v) is 4.23. The highest BCUT2D eigenvalue weighted by Gasteiger charge is 2.28. The SMILES string of the molecule is CC(C)(CBr)C1CCNCC1. The van der Waals surface area contributed by atoms with E-state index in [2.05, 4.69) is 35.1 Å². The van der Waals surface area contributed by atoms with Gasteiger partial charge in [0.2, 0.25) is 0 Å². The van der Waals surface area contributed by atoms with Gasteiger partial charge < -0.3 is 5.32 Å². The first-order chi connectivity index (χ1) is 5.17. The van der Waals surface area contributed by atoms with Gasteiger partial charge >= 0.3 is 0 Å². The summed E-state index contributed by atoms with van der Waals surface area (Å²) >= 11 is 3.59. The van der Waals surface area contributed by atoms with Crippen molar-refractivity contribution in [3.63, 3.8) is 0 Å². The highest BCUT2D eigenvalue weighted by atomic mass is 79.9. The molecule has 0 saturated carbocycles. The van der Waals surface area contributed by atoms with Gasteiger partial charge in [-0.25, -0.2) is 0 Å². The summed E-state index contributed by atoms with van der Waals surface area (Å²) in [6, 6.07) is 0. The first-order valence-corrected chi connectivity index (χ1v) is 5.55. The van der Waals surface area contributed by atoms with Crippen LogP contribution in [0.3, 0.4) is 0 Å². The Balaban J connectivity index is 2.43. The van der Waals surface area contributed by atoms with E-state index >= 15 is 0 Å². The van der Waals surface area contributed by atoms with Crippen molar-refractivity contribution in [2.24, 2.45) is 11.3 Å². The second-order valence-corrected chi connectivity index (χ2v) is 4.71. The van der Waals surface area contributed by atoms with Crippen LogP contribution in [0.2, 0.25) is 0 Å². The number of piperidine rings is 1. The highest BCUT2D eigenvalue weighted by Crippen LogP contribution is 2.34. The molecule has 0 atom stereocenters. The van der Waals surface area contributed by atoms with E-state index < -0.39 is 0 Å². The molecule has 1 aliphatic rings. The minimum atomic E-state index is 0.488. The fourth-order valence-corrected chi connectivity index (χ4v) is 2.17. The molecule has 0 aromatic carbocycles. The molecule has 1 N–H and O–H groups in total. The van der Waals surface area contributed by atoms with Gasteiger partial charge in [0.1, 0.15) is 0 Å². The van der Waals surface area contributed by atoms with Gasteiger partial charge in [0.15, 0.2) is 0 Å². The number of alkyl halides is 1. The van der Waals surface area contributed by atoms with Crippen molar-refractivity contribution in [3.8, 4) is 0 Å². The molecule has 0 unspecified atom stereocenters. The molecule has 1 heterocycles. The summed E-state index contributed by atoms with van der Waals surface area (Å²) in [5, 5.41) is 4.53. The molecule has 0 radical (unpaired) electrons. The molecule has 0 amide bonds. The maximum atomic E-state index is 3.59. The summed E-state index contributed by atoms with van der Waals surface area (Å²) in [4.78, 5) is 0. The van der Waals surface area contributed by atoms with Crippen molar-refractivity contribution in [1.82, 2.24) is 5.32 Å². The molecule has 0 bridgehead atoms. The normalized spacial score (nSPS) is 22.1. The molecule has 0 aromatic rings. The van der Waals surface area contributed by atoms with Gasteiger partial charge in [0, 0.05) is 5.33 Å². The maximum Gasteiger partial charge on any atom is 0.00853 e. The molecule has 0 aliphatic carbocycles. The Morgan fingerprint density at radius 1 is 1.36 bits per heavy atom. The topological polar surface area (TPSA) is 12.0 Å². The summed E-state index contributed by atoms with van der Waals surface area (Å²) in [5.74, 6) is 0.906. The Kier molecular flexibility index (Phi) is 3.38. The third kappa shape index (κ3) is 2.45. The third-order valence-electron chi connectivity index (χ3n) is 2.79. The van der Waals surface area contributed by atoms with Crippen LogP contribution in [-0.4, -0.2) is 18.4 Å². The van der Waals surface area contributed by atoms with Gasteiger partial charge in [-0.2, -0.15) is 0 Å². The van der Waals surface area contributed by atoms with Crippen LogP contribution in [0.5, 0.6) is 0 Å². The molecule has 11 heavy (non-hydrogen) atoms. The van der Waals surface area contributed by atoms with Gasteiger partial charge in [-0.3, -0.25) is 0 Å². The van der Waals surface area contributed by atoms with Crippen molar-refractivity contribution in [1.29, 1.82) is 0 Å². The summed E-state index contributed by atoms with van der Waals surface area (Å²) < 4.78 is 0. The molecule has 1 saturated heterocycles. The number of rotatable bonds is 2. The van der Waals surface area contributed by atoms with E-state index in [9.17, 15) is 0 Å². The molecule has 1 fully saturated rings. The molecule has 1 rings (SSSR count). The lowest BCUT2D eigenvalue weighted by molar-refractivity contribution is 0.195. The molecule has 66 valence electrons. The van der Waals surface area contributed by atoms with E-state index in [1.165, 1.54) is 25.9 Å². The molecule has 1 nitrogen and oxygen atoms in total. The van der Waals surface area contributed by atoms with E-state index in [1.807, 2.05) is 0 Å². The summed E-state index contributed by atoms with van der Waals surface area (Å²) in [5.41, 5.74) is 0.488. The molecule has 1 aliphatic heterocycles. The van der Waals surface area contributed by atoms with Crippen LogP contribution in [0.1, 0.15) is 26.7 Å². The van der Waals surface area contributed by atoms with Crippen LogP contribution >= 0.6 is 15.9 Å². The average Bonchev–Trinajstić information content (AvgIpc) is 2.06. The Morgan fingerprint density at radius 3 is 2.36 bits per heavy atom. The summed E-state index contributed by atoms with van der Waals surface area (Å²) in [7, 11) is 0. The zero-order chi connectivity index (χ0) is 8.32. The monoisotopic (exact) mass is 219 g/mol. The quantitative estimate of drug-likeness (QED) is 0.704.